The van der Waals surface area contributed by atoms with E-state index in [1.54, 1.807) is 0 Å². The van der Waals surface area contributed by atoms with Crippen molar-refractivity contribution in [2.75, 3.05) is 13.2 Å². The molecule has 0 heterocycles. The van der Waals surface area contributed by atoms with Gasteiger partial charge < -0.3 is 14.2 Å². The van der Waals surface area contributed by atoms with E-state index in [9.17, 15) is 14.4 Å². The summed E-state index contributed by atoms with van der Waals surface area (Å²) in [6.45, 7) is 6.54. The third-order valence-electron chi connectivity index (χ3n) is 11.2. The van der Waals surface area contributed by atoms with Gasteiger partial charge in [0, 0.05) is 19.3 Å². The largest absolute Gasteiger partial charge is 0.462 e. The Morgan fingerprint density at radius 1 is 0.323 bits per heavy atom. The van der Waals surface area contributed by atoms with Gasteiger partial charge in [-0.25, -0.2) is 0 Å². The smallest absolute Gasteiger partial charge is 0.306 e. The average Bonchev–Trinajstić information content (AvgIpc) is 3.27. The van der Waals surface area contributed by atoms with Crippen LogP contribution in [0.25, 0.3) is 0 Å². The van der Waals surface area contributed by atoms with Crippen LogP contribution in [0.3, 0.4) is 0 Å². The molecule has 0 aromatic rings. The maximum absolute atomic E-state index is 12.8. The number of ether oxygens (including phenoxy) is 3. The highest BCUT2D eigenvalue weighted by Gasteiger charge is 2.19. The van der Waals surface area contributed by atoms with Crippen molar-refractivity contribution in [3.8, 4) is 0 Å². The molecule has 0 rings (SSSR count). The third-order valence-corrected chi connectivity index (χ3v) is 11.2. The molecule has 0 saturated heterocycles. The summed E-state index contributed by atoms with van der Waals surface area (Å²) in [6.07, 6.45) is 61.9. The van der Waals surface area contributed by atoms with E-state index in [-0.39, 0.29) is 31.1 Å². The SMILES string of the molecule is CCCC/C=C\C/C=C\CCCCCCCC(=O)O[C@H](COC(=O)CCCCCCC/C=C\CCCCCC)COC(=O)CCCCCCCCC/C=C\C/C=C\CCCCC. The Balaban J connectivity index is 4.41. The molecule has 62 heavy (non-hydrogen) atoms. The number of carbonyl (C=O) groups excluding carboxylic acids is 3. The highest BCUT2D eigenvalue weighted by Crippen LogP contribution is 2.14. The molecule has 0 spiro atoms. The molecule has 0 aliphatic rings. The van der Waals surface area contributed by atoms with Gasteiger partial charge in [0.15, 0.2) is 6.10 Å². The zero-order valence-corrected chi connectivity index (χ0v) is 40.9. The number of esters is 3. The minimum absolute atomic E-state index is 0.0865. The Bertz CT molecular complexity index is 1130. The van der Waals surface area contributed by atoms with E-state index >= 15 is 0 Å². The molecule has 6 heteroatoms. The summed E-state index contributed by atoms with van der Waals surface area (Å²) < 4.78 is 16.8. The molecular formula is C56H98O6. The van der Waals surface area contributed by atoms with E-state index in [4.69, 9.17) is 14.2 Å². The zero-order chi connectivity index (χ0) is 45.1. The number of allylic oxidation sites excluding steroid dienone is 10. The van der Waals surface area contributed by atoms with E-state index in [0.717, 1.165) is 103 Å². The molecule has 0 fully saturated rings. The third kappa shape index (κ3) is 48.1. The predicted octanol–water partition coefficient (Wildman–Crippen LogP) is 17.3. The minimum atomic E-state index is -0.787. The molecule has 0 aromatic carbocycles. The molecular weight excluding hydrogens is 769 g/mol. The standard InChI is InChI=1S/C56H98O6/c1-4-7-10-13-16-19-22-25-27-28-29-32-34-37-40-43-46-49-55(58)61-52-53(51-60-54(57)48-45-42-39-36-33-30-24-21-18-15-12-9-6-3)62-56(59)50-47-44-41-38-35-31-26-23-20-17-14-11-8-5-2/h14,16-17,19,21,23-27,53H,4-13,15,18,20,22,28-52H2,1-3H3/b17-14-,19-16-,24-21-,26-23-,27-25-/t53-/m1/s1. The zero-order valence-electron chi connectivity index (χ0n) is 40.9. The molecule has 6 nitrogen and oxygen atoms in total. The molecule has 358 valence electrons. The number of hydrogen-bond donors (Lipinski definition) is 0. The second-order valence-corrected chi connectivity index (χ2v) is 17.4. The lowest BCUT2D eigenvalue weighted by molar-refractivity contribution is -0.167. The van der Waals surface area contributed by atoms with Crippen LogP contribution in [0.4, 0.5) is 0 Å². The van der Waals surface area contributed by atoms with Gasteiger partial charge in [-0.3, -0.25) is 14.4 Å². The molecule has 0 aliphatic heterocycles. The quantitative estimate of drug-likeness (QED) is 0.0262. The molecule has 0 unspecified atom stereocenters. The fourth-order valence-electron chi connectivity index (χ4n) is 7.19. The van der Waals surface area contributed by atoms with Gasteiger partial charge in [-0.15, -0.1) is 0 Å². The summed E-state index contributed by atoms with van der Waals surface area (Å²) in [5.74, 6) is -0.913. The van der Waals surface area contributed by atoms with Crippen LogP contribution in [0.2, 0.25) is 0 Å². The predicted molar refractivity (Wildman–Crippen MR) is 265 cm³/mol. The normalized spacial score (nSPS) is 12.5. The fourth-order valence-corrected chi connectivity index (χ4v) is 7.19. The molecule has 0 aliphatic carbocycles. The van der Waals surface area contributed by atoms with Gasteiger partial charge in [0.1, 0.15) is 13.2 Å². The van der Waals surface area contributed by atoms with Gasteiger partial charge in [0.05, 0.1) is 0 Å². The summed E-state index contributed by atoms with van der Waals surface area (Å²) in [4.78, 5) is 38.0. The summed E-state index contributed by atoms with van der Waals surface area (Å²) in [5, 5.41) is 0. The number of hydrogen-bond acceptors (Lipinski definition) is 6. The minimum Gasteiger partial charge on any atom is -0.462 e. The summed E-state index contributed by atoms with van der Waals surface area (Å²) >= 11 is 0. The maximum Gasteiger partial charge on any atom is 0.306 e. The van der Waals surface area contributed by atoms with E-state index < -0.39 is 6.10 Å². The molecule has 0 aromatic heterocycles. The molecule has 0 saturated carbocycles. The molecule has 1 atom stereocenters. The fraction of sp³-hybridized carbons (Fsp3) is 0.768. The van der Waals surface area contributed by atoms with Gasteiger partial charge in [0.2, 0.25) is 0 Å². The Kier molecular flexibility index (Phi) is 48.4. The lowest BCUT2D eigenvalue weighted by atomic mass is 10.1. The van der Waals surface area contributed by atoms with Gasteiger partial charge in [-0.05, 0) is 103 Å². The topological polar surface area (TPSA) is 78.9 Å². The molecule has 0 bridgehead atoms. The Hall–Kier alpha value is -2.89. The second-order valence-electron chi connectivity index (χ2n) is 17.4. The summed E-state index contributed by atoms with van der Waals surface area (Å²) in [6, 6.07) is 0. The first-order valence-electron chi connectivity index (χ1n) is 26.3. The lowest BCUT2D eigenvalue weighted by Gasteiger charge is -2.18. The first-order valence-corrected chi connectivity index (χ1v) is 26.3. The van der Waals surface area contributed by atoms with Crippen LogP contribution in [-0.4, -0.2) is 37.2 Å². The van der Waals surface area contributed by atoms with Gasteiger partial charge in [-0.1, -0.05) is 197 Å². The van der Waals surface area contributed by atoms with E-state index in [1.807, 2.05) is 0 Å². The summed E-state index contributed by atoms with van der Waals surface area (Å²) in [5.41, 5.74) is 0. The average molecular weight is 867 g/mol. The van der Waals surface area contributed by atoms with Crippen molar-refractivity contribution in [1.29, 1.82) is 0 Å². The van der Waals surface area contributed by atoms with Crippen LogP contribution < -0.4 is 0 Å². The van der Waals surface area contributed by atoms with E-state index in [1.165, 1.54) is 116 Å². The number of unbranched alkanes of at least 4 members (excludes halogenated alkanes) is 26. The van der Waals surface area contributed by atoms with Crippen molar-refractivity contribution in [2.45, 2.75) is 264 Å². The van der Waals surface area contributed by atoms with Gasteiger partial charge >= 0.3 is 17.9 Å². The van der Waals surface area contributed by atoms with Crippen LogP contribution in [-0.2, 0) is 28.6 Å². The Labute approximate surface area is 383 Å². The van der Waals surface area contributed by atoms with E-state index in [2.05, 4.69) is 81.5 Å². The first-order chi connectivity index (χ1) is 30.5. The lowest BCUT2D eigenvalue weighted by Crippen LogP contribution is -2.30. The van der Waals surface area contributed by atoms with Crippen LogP contribution >= 0.6 is 0 Å². The van der Waals surface area contributed by atoms with E-state index in [0.29, 0.717) is 19.3 Å². The summed E-state index contributed by atoms with van der Waals surface area (Å²) in [7, 11) is 0. The Morgan fingerprint density at radius 2 is 0.597 bits per heavy atom. The van der Waals surface area contributed by atoms with Crippen LogP contribution in [0, 0.1) is 0 Å². The first kappa shape index (κ1) is 59.1. The van der Waals surface area contributed by atoms with Crippen molar-refractivity contribution >= 4 is 17.9 Å². The molecule has 0 radical (unpaired) electrons. The highest BCUT2D eigenvalue weighted by molar-refractivity contribution is 5.71. The Morgan fingerprint density at radius 3 is 0.984 bits per heavy atom. The number of rotatable bonds is 47. The van der Waals surface area contributed by atoms with Crippen molar-refractivity contribution < 1.29 is 28.6 Å². The van der Waals surface area contributed by atoms with Crippen LogP contribution in [0.15, 0.2) is 60.8 Å². The van der Waals surface area contributed by atoms with Crippen molar-refractivity contribution in [1.82, 2.24) is 0 Å². The molecule has 0 N–H and O–H groups in total. The van der Waals surface area contributed by atoms with Crippen molar-refractivity contribution in [3.05, 3.63) is 60.8 Å². The van der Waals surface area contributed by atoms with Gasteiger partial charge in [0.25, 0.3) is 0 Å². The van der Waals surface area contributed by atoms with Crippen molar-refractivity contribution in [3.63, 3.8) is 0 Å². The van der Waals surface area contributed by atoms with Crippen LogP contribution in [0.1, 0.15) is 258 Å². The van der Waals surface area contributed by atoms with Crippen molar-refractivity contribution in [2.24, 2.45) is 0 Å². The van der Waals surface area contributed by atoms with Crippen LogP contribution in [0.5, 0.6) is 0 Å². The monoisotopic (exact) mass is 867 g/mol. The molecule has 0 amide bonds. The number of carbonyl (C=O) groups is 3. The van der Waals surface area contributed by atoms with Gasteiger partial charge in [-0.2, -0.15) is 0 Å². The highest BCUT2D eigenvalue weighted by atomic mass is 16.6. The second kappa shape index (κ2) is 50.8. The maximum atomic E-state index is 12.8.